The van der Waals surface area contributed by atoms with Crippen LogP contribution in [0.2, 0.25) is 0 Å². The highest BCUT2D eigenvalue weighted by Crippen LogP contribution is 2.42. The zero-order valence-electron chi connectivity index (χ0n) is 21.7. The highest BCUT2D eigenvalue weighted by atomic mass is 16.6. The van der Waals surface area contributed by atoms with Crippen LogP contribution in [0.4, 0.5) is 4.79 Å². The van der Waals surface area contributed by atoms with Crippen LogP contribution in [0.1, 0.15) is 82.5 Å². The molecule has 2 aliphatic heterocycles. The van der Waals surface area contributed by atoms with Crippen molar-refractivity contribution < 1.29 is 19.1 Å². The van der Waals surface area contributed by atoms with Crippen LogP contribution in [0, 0.1) is 0 Å². The summed E-state index contributed by atoms with van der Waals surface area (Å²) in [5, 5.41) is 0. The summed E-state index contributed by atoms with van der Waals surface area (Å²) in [5.41, 5.74) is 4.27. The molecule has 0 spiro atoms. The smallest absolute Gasteiger partial charge is 0.410 e. The number of hydrogen-bond acceptors (Lipinski definition) is 5. The van der Waals surface area contributed by atoms with Crippen LogP contribution >= 0.6 is 0 Å². The van der Waals surface area contributed by atoms with Gasteiger partial charge in [-0.3, -0.25) is 14.5 Å². The van der Waals surface area contributed by atoms with Crippen molar-refractivity contribution in [2.45, 2.75) is 77.9 Å². The van der Waals surface area contributed by atoms with E-state index in [0.29, 0.717) is 35.8 Å². The second-order valence-corrected chi connectivity index (χ2v) is 11.1. The van der Waals surface area contributed by atoms with Gasteiger partial charge in [-0.25, -0.2) is 9.78 Å². The number of allylic oxidation sites excluding steroid dienone is 1. The number of pyridine rings is 1. The summed E-state index contributed by atoms with van der Waals surface area (Å²) in [6.45, 7) is 10.6. The predicted molar refractivity (Wildman–Crippen MR) is 135 cm³/mol. The fourth-order valence-electron chi connectivity index (χ4n) is 4.82. The molecule has 8 heteroatoms. The molecule has 5 rings (SSSR count). The van der Waals surface area contributed by atoms with Gasteiger partial charge < -0.3 is 14.0 Å². The monoisotopic (exact) mass is 490 g/mol. The summed E-state index contributed by atoms with van der Waals surface area (Å²) in [5.74, 6) is 0.185. The number of ether oxygens (including phenoxy) is 1. The standard InChI is InChI=1S/C28H34N4O4/c1-6-7-8-22-17(2)25(33)32(26(22)34)16-21-15-30-12-19(18-9-10-18)11-23(24(30)29-21)20-13-31(14-20)27(35)36-28(3,4)5/h7-8,11-12,15,18,20H,6,9-10,13-14,16H2,1-5H3/b8-7-. The fraction of sp³-hybridized carbons (Fsp3) is 0.500. The number of likely N-dealkylation sites (tertiary alicyclic amines) is 1. The van der Waals surface area contributed by atoms with Crippen LogP contribution in [0.3, 0.4) is 0 Å². The summed E-state index contributed by atoms with van der Waals surface area (Å²) in [4.78, 5) is 46.1. The molecule has 2 fully saturated rings. The summed E-state index contributed by atoms with van der Waals surface area (Å²) in [6, 6.07) is 2.23. The Morgan fingerprint density at radius 3 is 2.50 bits per heavy atom. The highest BCUT2D eigenvalue weighted by Gasteiger charge is 2.38. The van der Waals surface area contributed by atoms with E-state index in [0.717, 1.165) is 17.6 Å². The number of aromatic nitrogens is 2. The highest BCUT2D eigenvalue weighted by molar-refractivity contribution is 6.20. The normalized spacial score (nSPS) is 19.2. The molecule has 3 amide bonds. The van der Waals surface area contributed by atoms with Crippen LogP contribution in [0.25, 0.3) is 5.65 Å². The zero-order valence-corrected chi connectivity index (χ0v) is 21.7. The van der Waals surface area contributed by atoms with Gasteiger partial charge in [0.25, 0.3) is 11.8 Å². The van der Waals surface area contributed by atoms with Gasteiger partial charge in [-0.15, -0.1) is 0 Å². The number of imide groups is 1. The Balaban J connectivity index is 1.39. The molecule has 190 valence electrons. The van der Waals surface area contributed by atoms with Crippen LogP contribution in [0.15, 0.2) is 41.8 Å². The van der Waals surface area contributed by atoms with Crippen molar-refractivity contribution in [3.8, 4) is 0 Å². The van der Waals surface area contributed by atoms with Crippen molar-refractivity contribution in [2.75, 3.05) is 13.1 Å². The van der Waals surface area contributed by atoms with Crippen LogP contribution < -0.4 is 0 Å². The summed E-state index contributed by atoms with van der Waals surface area (Å²) >= 11 is 0. The molecule has 1 saturated carbocycles. The third-order valence-electron chi connectivity index (χ3n) is 6.96. The maximum atomic E-state index is 12.9. The lowest BCUT2D eigenvalue weighted by molar-refractivity contribution is -0.138. The summed E-state index contributed by atoms with van der Waals surface area (Å²) in [7, 11) is 0. The van der Waals surface area contributed by atoms with E-state index in [1.54, 1.807) is 17.9 Å². The van der Waals surface area contributed by atoms with Crippen molar-refractivity contribution >= 4 is 23.6 Å². The Morgan fingerprint density at radius 1 is 1.14 bits per heavy atom. The lowest BCUT2D eigenvalue weighted by Crippen LogP contribution is -2.50. The Kier molecular flexibility index (Phi) is 6.01. The number of fused-ring (bicyclic) bond motifs is 1. The molecule has 36 heavy (non-hydrogen) atoms. The minimum atomic E-state index is -0.525. The molecule has 0 aromatic carbocycles. The van der Waals surface area contributed by atoms with E-state index in [1.165, 1.54) is 23.3 Å². The third kappa shape index (κ3) is 4.56. The molecule has 1 aliphatic carbocycles. The van der Waals surface area contributed by atoms with Gasteiger partial charge in [0.05, 0.1) is 12.2 Å². The maximum absolute atomic E-state index is 12.9. The fourth-order valence-corrected chi connectivity index (χ4v) is 4.82. The van der Waals surface area contributed by atoms with E-state index in [1.807, 2.05) is 44.4 Å². The molecule has 2 aromatic rings. The van der Waals surface area contributed by atoms with E-state index in [-0.39, 0.29) is 30.4 Å². The van der Waals surface area contributed by atoms with E-state index in [4.69, 9.17) is 9.72 Å². The van der Waals surface area contributed by atoms with Crippen molar-refractivity contribution in [2.24, 2.45) is 0 Å². The average Bonchev–Trinajstić information content (AvgIpc) is 3.50. The lowest BCUT2D eigenvalue weighted by Gasteiger charge is -2.40. The molecule has 2 aromatic heterocycles. The predicted octanol–water partition coefficient (Wildman–Crippen LogP) is 4.70. The van der Waals surface area contributed by atoms with Crippen molar-refractivity contribution in [1.29, 1.82) is 0 Å². The first-order valence-electron chi connectivity index (χ1n) is 12.8. The van der Waals surface area contributed by atoms with Gasteiger partial charge in [0, 0.05) is 48.1 Å². The minimum absolute atomic E-state index is 0.132. The maximum Gasteiger partial charge on any atom is 0.410 e. The first-order chi connectivity index (χ1) is 17.1. The number of rotatable bonds is 6. The van der Waals surface area contributed by atoms with E-state index < -0.39 is 5.60 Å². The van der Waals surface area contributed by atoms with Gasteiger partial charge in [-0.1, -0.05) is 19.1 Å². The molecule has 0 unspecified atom stereocenters. The molecular formula is C28H34N4O4. The SMILES string of the molecule is CC/C=C\C1=C(C)C(=O)N(Cc2cn3cc(C4CC4)cc(C4CN(C(=O)OC(C)(C)C)C4)c3n2)C1=O. The molecule has 3 aliphatic rings. The number of nitrogens with zero attached hydrogens (tertiary/aromatic N) is 4. The van der Waals surface area contributed by atoms with Gasteiger partial charge in [-0.05, 0) is 64.5 Å². The van der Waals surface area contributed by atoms with Gasteiger partial charge in [0.2, 0.25) is 0 Å². The molecule has 0 N–H and O–H groups in total. The van der Waals surface area contributed by atoms with Crippen LogP contribution in [0.5, 0.6) is 0 Å². The number of carbonyl (C=O) groups is 3. The van der Waals surface area contributed by atoms with Crippen LogP contribution in [-0.2, 0) is 20.9 Å². The van der Waals surface area contributed by atoms with Gasteiger partial charge in [0.15, 0.2) is 0 Å². The Morgan fingerprint density at radius 2 is 1.86 bits per heavy atom. The molecule has 1 saturated heterocycles. The molecule has 8 nitrogen and oxygen atoms in total. The lowest BCUT2D eigenvalue weighted by atomic mass is 9.91. The van der Waals surface area contributed by atoms with Crippen molar-refractivity contribution in [3.63, 3.8) is 0 Å². The zero-order chi connectivity index (χ0) is 25.8. The first kappa shape index (κ1) is 24.3. The van der Waals surface area contributed by atoms with E-state index >= 15 is 0 Å². The first-order valence-corrected chi connectivity index (χ1v) is 12.8. The van der Waals surface area contributed by atoms with Gasteiger partial charge in [0.1, 0.15) is 11.2 Å². The second-order valence-electron chi connectivity index (χ2n) is 11.1. The molecule has 0 bridgehead atoms. The van der Waals surface area contributed by atoms with E-state index in [9.17, 15) is 14.4 Å². The largest absolute Gasteiger partial charge is 0.444 e. The third-order valence-corrected chi connectivity index (χ3v) is 6.96. The Bertz CT molecular complexity index is 1300. The average molecular weight is 491 g/mol. The minimum Gasteiger partial charge on any atom is -0.444 e. The second kappa shape index (κ2) is 8.91. The Labute approximate surface area is 211 Å². The van der Waals surface area contributed by atoms with Crippen molar-refractivity contribution in [3.05, 3.63) is 58.6 Å². The topological polar surface area (TPSA) is 84.2 Å². The Hall–Kier alpha value is -3.42. The molecule has 0 radical (unpaired) electrons. The quantitative estimate of drug-likeness (QED) is 0.548. The summed E-state index contributed by atoms with van der Waals surface area (Å²) < 4.78 is 7.54. The molecule has 0 atom stereocenters. The molecule has 4 heterocycles. The van der Waals surface area contributed by atoms with Crippen molar-refractivity contribution in [1.82, 2.24) is 19.2 Å². The number of hydrogen-bond donors (Lipinski definition) is 0. The molecular weight excluding hydrogens is 456 g/mol. The number of carbonyl (C=O) groups excluding carboxylic acids is 3. The number of imidazole rings is 1. The summed E-state index contributed by atoms with van der Waals surface area (Å²) in [6.07, 6.45) is 10.5. The van der Waals surface area contributed by atoms with Crippen LogP contribution in [-0.4, -0.2) is 55.8 Å². The number of amides is 3. The van der Waals surface area contributed by atoms with Gasteiger partial charge >= 0.3 is 6.09 Å². The van der Waals surface area contributed by atoms with Gasteiger partial charge in [-0.2, -0.15) is 0 Å². The van der Waals surface area contributed by atoms with E-state index in [2.05, 4.69) is 12.3 Å².